The number of urea groups is 1. The zero-order chi connectivity index (χ0) is 18.4. The van der Waals surface area contributed by atoms with Crippen molar-refractivity contribution >= 4 is 11.7 Å². The van der Waals surface area contributed by atoms with E-state index in [9.17, 15) is 4.79 Å². The number of likely N-dealkylation sites (tertiary alicyclic amines) is 1. The molecule has 6 heteroatoms. The molecular formula is C20H32N4O2. The Morgan fingerprint density at radius 2 is 1.73 bits per heavy atom. The molecule has 26 heavy (non-hydrogen) atoms. The van der Waals surface area contributed by atoms with Gasteiger partial charge in [-0.25, -0.2) is 4.79 Å². The summed E-state index contributed by atoms with van der Waals surface area (Å²) >= 11 is 0. The van der Waals surface area contributed by atoms with Gasteiger partial charge in [0.1, 0.15) is 0 Å². The highest BCUT2D eigenvalue weighted by molar-refractivity contribution is 5.74. The maximum Gasteiger partial charge on any atom is 0.317 e. The second-order valence-electron chi connectivity index (χ2n) is 7.38. The van der Waals surface area contributed by atoms with E-state index in [1.165, 1.54) is 30.5 Å². The third-order valence-electron chi connectivity index (χ3n) is 5.37. The Bertz CT molecular complexity index is 564. The molecule has 1 aromatic carbocycles. The SMILES string of the molecule is CN(C)c1ccc(C(CNC(=O)N2CCOCC2)N2CCCCC2)cc1. The smallest absolute Gasteiger partial charge is 0.317 e. The number of piperidine rings is 1. The Morgan fingerprint density at radius 1 is 1.08 bits per heavy atom. The van der Waals surface area contributed by atoms with Crippen molar-refractivity contribution in [2.75, 3.05) is 64.9 Å². The van der Waals surface area contributed by atoms with Gasteiger partial charge in [-0.05, 0) is 43.6 Å². The molecule has 1 N–H and O–H groups in total. The monoisotopic (exact) mass is 360 g/mol. The minimum atomic E-state index is 0.0280. The third kappa shape index (κ3) is 4.89. The molecule has 0 spiro atoms. The number of carbonyl (C=O) groups excluding carboxylic acids is 1. The molecule has 2 heterocycles. The number of carbonyl (C=O) groups is 1. The Hall–Kier alpha value is -1.79. The van der Waals surface area contributed by atoms with Crippen LogP contribution in [-0.4, -0.2) is 75.9 Å². The van der Waals surface area contributed by atoms with Gasteiger partial charge in [-0.2, -0.15) is 0 Å². The molecule has 0 bridgehead atoms. The van der Waals surface area contributed by atoms with Crippen LogP contribution in [0.2, 0.25) is 0 Å². The van der Waals surface area contributed by atoms with Gasteiger partial charge in [0, 0.05) is 39.4 Å². The summed E-state index contributed by atoms with van der Waals surface area (Å²) in [5, 5.41) is 3.16. The molecule has 1 aromatic rings. The van der Waals surface area contributed by atoms with E-state index in [0.717, 1.165) is 13.1 Å². The van der Waals surface area contributed by atoms with Crippen molar-refractivity contribution in [2.45, 2.75) is 25.3 Å². The van der Waals surface area contributed by atoms with Crippen LogP contribution in [0.4, 0.5) is 10.5 Å². The fourth-order valence-electron chi connectivity index (χ4n) is 3.74. The quantitative estimate of drug-likeness (QED) is 0.875. The van der Waals surface area contributed by atoms with Crippen molar-refractivity contribution in [1.82, 2.24) is 15.1 Å². The molecule has 2 fully saturated rings. The Labute approximate surface area is 157 Å². The van der Waals surface area contributed by atoms with E-state index in [0.29, 0.717) is 32.8 Å². The largest absolute Gasteiger partial charge is 0.378 e. The highest BCUT2D eigenvalue weighted by Crippen LogP contribution is 2.26. The Kier molecular flexibility index (Phi) is 6.74. The summed E-state index contributed by atoms with van der Waals surface area (Å²) < 4.78 is 5.34. The minimum Gasteiger partial charge on any atom is -0.378 e. The predicted octanol–water partition coefficient (Wildman–Crippen LogP) is 2.32. The van der Waals surface area contributed by atoms with E-state index in [1.54, 1.807) is 0 Å². The maximum atomic E-state index is 12.5. The first-order chi connectivity index (χ1) is 12.6. The normalized spacial score (nSPS) is 19.8. The number of benzene rings is 1. The standard InChI is InChI=1S/C20H32N4O2/c1-22(2)18-8-6-17(7-9-18)19(23-10-4-3-5-11-23)16-21-20(25)24-12-14-26-15-13-24/h6-9,19H,3-5,10-16H2,1-2H3,(H,21,25). The number of morpholine rings is 1. The Balaban J connectivity index is 1.67. The zero-order valence-corrected chi connectivity index (χ0v) is 16.1. The van der Waals surface area contributed by atoms with Crippen molar-refractivity contribution in [3.8, 4) is 0 Å². The topological polar surface area (TPSA) is 48.1 Å². The van der Waals surface area contributed by atoms with Crippen molar-refractivity contribution < 1.29 is 9.53 Å². The average molecular weight is 361 g/mol. The molecule has 3 rings (SSSR count). The lowest BCUT2D eigenvalue weighted by Gasteiger charge is -2.36. The van der Waals surface area contributed by atoms with Crippen LogP contribution in [0.15, 0.2) is 24.3 Å². The van der Waals surface area contributed by atoms with Crippen molar-refractivity contribution in [2.24, 2.45) is 0 Å². The molecule has 0 radical (unpaired) electrons. The summed E-state index contributed by atoms with van der Waals surface area (Å²) in [6, 6.07) is 8.99. The van der Waals surface area contributed by atoms with Crippen LogP contribution in [0.5, 0.6) is 0 Å². The number of ether oxygens (including phenoxy) is 1. The van der Waals surface area contributed by atoms with Crippen molar-refractivity contribution in [1.29, 1.82) is 0 Å². The van der Waals surface area contributed by atoms with Crippen LogP contribution in [0.1, 0.15) is 30.9 Å². The molecule has 0 aromatic heterocycles. The van der Waals surface area contributed by atoms with Crippen molar-refractivity contribution in [3.63, 3.8) is 0 Å². The molecule has 1 unspecified atom stereocenters. The summed E-state index contributed by atoms with van der Waals surface area (Å²) in [6.45, 7) is 5.48. The van der Waals surface area contributed by atoms with E-state index in [1.807, 2.05) is 4.90 Å². The second kappa shape index (κ2) is 9.24. The maximum absolute atomic E-state index is 12.5. The fraction of sp³-hybridized carbons (Fsp3) is 0.650. The van der Waals surface area contributed by atoms with E-state index < -0.39 is 0 Å². The first-order valence-electron chi connectivity index (χ1n) is 9.77. The van der Waals surface area contributed by atoms with Gasteiger partial charge in [-0.1, -0.05) is 18.6 Å². The number of anilines is 1. The number of nitrogens with one attached hydrogen (secondary N) is 1. The van der Waals surface area contributed by atoms with Gasteiger partial charge >= 0.3 is 6.03 Å². The summed E-state index contributed by atoms with van der Waals surface area (Å²) in [5.74, 6) is 0. The number of hydrogen-bond donors (Lipinski definition) is 1. The molecule has 0 aliphatic carbocycles. The van der Waals surface area contributed by atoms with Gasteiger partial charge in [0.2, 0.25) is 0 Å². The van der Waals surface area contributed by atoms with Crippen LogP contribution in [0.3, 0.4) is 0 Å². The van der Waals surface area contributed by atoms with Crippen LogP contribution >= 0.6 is 0 Å². The highest BCUT2D eigenvalue weighted by Gasteiger charge is 2.24. The molecule has 2 aliphatic heterocycles. The van der Waals surface area contributed by atoms with E-state index >= 15 is 0 Å². The van der Waals surface area contributed by atoms with Crippen LogP contribution in [0, 0.1) is 0 Å². The molecule has 2 amide bonds. The highest BCUT2D eigenvalue weighted by atomic mass is 16.5. The third-order valence-corrected chi connectivity index (χ3v) is 5.37. The number of hydrogen-bond acceptors (Lipinski definition) is 4. The molecule has 2 aliphatic rings. The second-order valence-corrected chi connectivity index (χ2v) is 7.38. The van der Waals surface area contributed by atoms with Gasteiger partial charge in [0.15, 0.2) is 0 Å². The zero-order valence-electron chi connectivity index (χ0n) is 16.1. The molecule has 6 nitrogen and oxygen atoms in total. The number of amides is 2. The molecule has 2 saturated heterocycles. The lowest BCUT2D eigenvalue weighted by molar-refractivity contribution is 0.0524. The van der Waals surface area contributed by atoms with Gasteiger partial charge < -0.3 is 19.9 Å². The molecular weight excluding hydrogens is 328 g/mol. The van der Waals surface area contributed by atoms with E-state index in [-0.39, 0.29) is 12.1 Å². The van der Waals surface area contributed by atoms with E-state index in [2.05, 4.69) is 53.5 Å². The van der Waals surface area contributed by atoms with Crippen LogP contribution < -0.4 is 10.2 Å². The lowest BCUT2D eigenvalue weighted by atomic mass is 10.0. The lowest BCUT2D eigenvalue weighted by Crippen LogP contribution is -2.48. The van der Waals surface area contributed by atoms with Crippen LogP contribution in [-0.2, 0) is 4.74 Å². The van der Waals surface area contributed by atoms with E-state index in [4.69, 9.17) is 4.74 Å². The summed E-state index contributed by atoms with van der Waals surface area (Å²) in [5.41, 5.74) is 2.48. The van der Waals surface area contributed by atoms with Gasteiger partial charge in [0.25, 0.3) is 0 Å². The van der Waals surface area contributed by atoms with Crippen LogP contribution in [0.25, 0.3) is 0 Å². The molecule has 0 saturated carbocycles. The summed E-state index contributed by atoms with van der Waals surface area (Å²) in [7, 11) is 4.11. The minimum absolute atomic E-state index is 0.0280. The molecule has 1 atom stereocenters. The summed E-state index contributed by atoms with van der Waals surface area (Å²) in [4.78, 5) is 19.0. The predicted molar refractivity (Wildman–Crippen MR) is 105 cm³/mol. The van der Waals surface area contributed by atoms with Gasteiger partial charge in [-0.15, -0.1) is 0 Å². The average Bonchev–Trinajstić information content (AvgIpc) is 2.70. The van der Waals surface area contributed by atoms with Crippen molar-refractivity contribution in [3.05, 3.63) is 29.8 Å². The fourth-order valence-corrected chi connectivity index (χ4v) is 3.74. The summed E-state index contributed by atoms with van der Waals surface area (Å²) in [6.07, 6.45) is 3.79. The molecule has 144 valence electrons. The Morgan fingerprint density at radius 3 is 2.35 bits per heavy atom. The first-order valence-corrected chi connectivity index (χ1v) is 9.77. The first kappa shape index (κ1) is 19.0. The van der Waals surface area contributed by atoms with Gasteiger partial charge in [0.05, 0.1) is 19.3 Å². The number of nitrogens with zero attached hydrogens (tertiary/aromatic N) is 3. The number of rotatable bonds is 5. The van der Waals surface area contributed by atoms with Gasteiger partial charge in [-0.3, -0.25) is 4.90 Å².